The number of benzene rings is 2. The van der Waals surface area contributed by atoms with Gasteiger partial charge in [-0.25, -0.2) is 12.8 Å². The maximum absolute atomic E-state index is 13.6. The zero-order valence-corrected chi connectivity index (χ0v) is 13.2. The molecule has 0 saturated heterocycles. The predicted octanol–water partition coefficient (Wildman–Crippen LogP) is 2.54. The fraction of sp³-hybridized carbons (Fsp3) is 0.188. The first-order valence-electron chi connectivity index (χ1n) is 7.13. The molecule has 1 aliphatic rings. The second-order valence-corrected chi connectivity index (χ2v) is 6.87. The molecule has 0 atom stereocenters. The van der Waals surface area contributed by atoms with Crippen LogP contribution in [0.3, 0.4) is 0 Å². The number of fused-ring (bicyclic) bond motifs is 1. The lowest BCUT2D eigenvalue weighted by atomic mass is 10.2. The maximum atomic E-state index is 13.6. The molecule has 1 N–H and O–H groups in total. The summed E-state index contributed by atoms with van der Waals surface area (Å²) in [4.78, 5) is 13.5. The Bertz CT molecular complexity index is 881. The molecule has 2 aromatic carbocycles. The fourth-order valence-corrected chi connectivity index (χ4v) is 3.74. The minimum Gasteiger partial charge on any atom is -0.312 e. The first kappa shape index (κ1) is 15.5. The van der Waals surface area contributed by atoms with Crippen molar-refractivity contribution in [3.8, 4) is 0 Å². The average Bonchev–Trinajstić information content (AvgIpc) is 2.83. The SMILES string of the molecule is CCN1C(=O)Cc2cc(S(=O)(=O)Nc3ccccc3F)ccc21. The van der Waals surface area contributed by atoms with Crippen LogP contribution in [0.2, 0.25) is 0 Å². The topological polar surface area (TPSA) is 66.5 Å². The second-order valence-electron chi connectivity index (χ2n) is 5.19. The number of likely N-dealkylation sites (N-methyl/N-ethyl adjacent to an activating group) is 1. The van der Waals surface area contributed by atoms with Crippen molar-refractivity contribution in [3.05, 3.63) is 53.8 Å². The number of carbonyl (C=O) groups excluding carboxylic acids is 1. The maximum Gasteiger partial charge on any atom is 0.261 e. The van der Waals surface area contributed by atoms with E-state index >= 15 is 0 Å². The number of hydrogen-bond acceptors (Lipinski definition) is 3. The molecule has 1 amide bonds. The summed E-state index contributed by atoms with van der Waals surface area (Å²) in [6.07, 6.45) is 0.173. The van der Waals surface area contributed by atoms with Crippen LogP contribution in [-0.4, -0.2) is 20.9 Å². The zero-order chi connectivity index (χ0) is 16.6. The van der Waals surface area contributed by atoms with Gasteiger partial charge in [-0.15, -0.1) is 0 Å². The van der Waals surface area contributed by atoms with Crippen molar-refractivity contribution in [2.75, 3.05) is 16.2 Å². The standard InChI is InChI=1S/C16H15FN2O3S/c1-2-19-15-8-7-12(9-11(15)10-16(19)20)23(21,22)18-14-6-4-3-5-13(14)17/h3-9,18H,2,10H2,1H3. The minimum absolute atomic E-state index is 0.00487. The number of rotatable bonds is 4. The number of anilines is 2. The third-order valence-corrected chi connectivity index (χ3v) is 5.09. The van der Waals surface area contributed by atoms with Gasteiger partial charge in [0.25, 0.3) is 10.0 Å². The smallest absolute Gasteiger partial charge is 0.261 e. The van der Waals surface area contributed by atoms with E-state index < -0.39 is 15.8 Å². The molecule has 1 aliphatic heterocycles. The molecule has 0 spiro atoms. The molecular formula is C16H15FN2O3S. The van der Waals surface area contributed by atoms with Crippen molar-refractivity contribution >= 4 is 27.3 Å². The van der Waals surface area contributed by atoms with Gasteiger partial charge in [0.05, 0.1) is 17.0 Å². The molecule has 23 heavy (non-hydrogen) atoms. The molecule has 7 heteroatoms. The molecule has 120 valence electrons. The Labute approximate surface area is 133 Å². The lowest BCUT2D eigenvalue weighted by Crippen LogP contribution is -2.25. The van der Waals surface area contributed by atoms with Gasteiger partial charge >= 0.3 is 0 Å². The van der Waals surface area contributed by atoms with Gasteiger partial charge in [-0.05, 0) is 42.8 Å². The molecule has 0 aliphatic carbocycles. The van der Waals surface area contributed by atoms with Crippen LogP contribution in [0.4, 0.5) is 15.8 Å². The number of halogens is 1. The second kappa shape index (κ2) is 5.66. The number of hydrogen-bond donors (Lipinski definition) is 1. The van der Waals surface area contributed by atoms with E-state index in [-0.39, 0.29) is 22.9 Å². The number of amides is 1. The van der Waals surface area contributed by atoms with Crippen LogP contribution in [0.15, 0.2) is 47.4 Å². The Morgan fingerprint density at radius 2 is 1.96 bits per heavy atom. The molecule has 0 aromatic heterocycles. The van der Waals surface area contributed by atoms with Crippen molar-refractivity contribution in [3.63, 3.8) is 0 Å². The van der Waals surface area contributed by atoms with E-state index in [4.69, 9.17) is 0 Å². The van der Waals surface area contributed by atoms with Crippen LogP contribution in [-0.2, 0) is 21.2 Å². The third kappa shape index (κ3) is 2.79. The van der Waals surface area contributed by atoms with E-state index in [2.05, 4.69) is 4.72 Å². The van der Waals surface area contributed by atoms with Crippen LogP contribution in [0.5, 0.6) is 0 Å². The summed E-state index contributed by atoms with van der Waals surface area (Å²) >= 11 is 0. The van der Waals surface area contributed by atoms with Gasteiger partial charge in [0.2, 0.25) is 5.91 Å². The first-order chi connectivity index (χ1) is 10.9. The highest BCUT2D eigenvalue weighted by Crippen LogP contribution is 2.31. The Morgan fingerprint density at radius 3 is 2.65 bits per heavy atom. The summed E-state index contributed by atoms with van der Waals surface area (Å²) < 4.78 is 40.7. The highest BCUT2D eigenvalue weighted by Gasteiger charge is 2.28. The molecule has 1 heterocycles. The minimum atomic E-state index is -3.92. The summed E-state index contributed by atoms with van der Waals surface area (Å²) in [6.45, 7) is 2.39. The summed E-state index contributed by atoms with van der Waals surface area (Å²) in [5.74, 6) is -0.705. The number of nitrogens with zero attached hydrogens (tertiary/aromatic N) is 1. The number of para-hydroxylation sites is 1. The van der Waals surface area contributed by atoms with E-state index in [0.717, 1.165) is 5.69 Å². The number of carbonyl (C=O) groups is 1. The largest absolute Gasteiger partial charge is 0.312 e. The van der Waals surface area contributed by atoms with Crippen LogP contribution < -0.4 is 9.62 Å². The molecule has 0 radical (unpaired) electrons. The zero-order valence-electron chi connectivity index (χ0n) is 12.4. The fourth-order valence-electron chi connectivity index (χ4n) is 2.62. The van der Waals surface area contributed by atoms with Gasteiger partial charge in [-0.2, -0.15) is 0 Å². The quantitative estimate of drug-likeness (QED) is 0.934. The lowest BCUT2D eigenvalue weighted by Gasteiger charge is -2.15. The van der Waals surface area contributed by atoms with Crippen molar-refractivity contribution in [2.24, 2.45) is 0 Å². The molecule has 5 nitrogen and oxygen atoms in total. The van der Waals surface area contributed by atoms with Gasteiger partial charge in [0.15, 0.2) is 0 Å². The van der Waals surface area contributed by atoms with E-state index in [1.165, 1.54) is 30.3 Å². The third-order valence-electron chi connectivity index (χ3n) is 3.73. The number of nitrogens with one attached hydrogen (secondary N) is 1. The van der Waals surface area contributed by atoms with Crippen LogP contribution >= 0.6 is 0 Å². The van der Waals surface area contributed by atoms with Gasteiger partial charge in [0, 0.05) is 12.2 Å². The summed E-state index contributed by atoms with van der Waals surface area (Å²) in [5, 5.41) is 0. The molecule has 0 unspecified atom stereocenters. The number of sulfonamides is 1. The monoisotopic (exact) mass is 334 g/mol. The molecule has 0 saturated carbocycles. The lowest BCUT2D eigenvalue weighted by molar-refractivity contribution is -0.117. The summed E-state index contributed by atoms with van der Waals surface area (Å²) in [7, 11) is -3.92. The molecule has 2 aromatic rings. The van der Waals surface area contributed by atoms with Crippen LogP contribution in [0, 0.1) is 5.82 Å². The van der Waals surface area contributed by atoms with Crippen molar-refractivity contribution in [1.29, 1.82) is 0 Å². The van der Waals surface area contributed by atoms with E-state index in [9.17, 15) is 17.6 Å². The van der Waals surface area contributed by atoms with Crippen molar-refractivity contribution in [1.82, 2.24) is 0 Å². The Kier molecular flexibility index (Phi) is 3.81. The normalized spacial score (nSPS) is 14.0. The van der Waals surface area contributed by atoms with Gasteiger partial charge in [-0.3, -0.25) is 9.52 Å². The van der Waals surface area contributed by atoms with Crippen molar-refractivity contribution in [2.45, 2.75) is 18.2 Å². The Balaban J connectivity index is 1.95. The van der Waals surface area contributed by atoms with Gasteiger partial charge < -0.3 is 4.90 Å². The van der Waals surface area contributed by atoms with Gasteiger partial charge in [-0.1, -0.05) is 12.1 Å². The Morgan fingerprint density at radius 1 is 1.22 bits per heavy atom. The van der Waals surface area contributed by atoms with Gasteiger partial charge in [0.1, 0.15) is 5.82 Å². The average molecular weight is 334 g/mol. The molecular weight excluding hydrogens is 319 g/mol. The highest BCUT2D eigenvalue weighted by atomic mass is 32.2. The van der Waals surface area contributed by atoms with E-state index in [1.54, 1.807) is 17.0 Å². The summed E-state index contributed by atoms with van der Waals surface area (Å²) in [5.41, 5.74) is 1.27. The Hall–Kier alpha value is -2.41. The summed E-state index contributed by atoms with van der Waals surface area (Å²) in [6, 6.07) is 10.0. The van der Waals surface area contributed by atoms with Crippen molar-refractivity contribution < 1.29 is 17.6 Å². The van der Waals surface area contributed by atoms with Crippen LogP contribution in [0.1, 0.15) is 12.5 Å². The molecule has 3 rings (SSSR count). The van der Waals surface area contributed by atoms with Crippen LogP contribution in [0.25, 0.3) is 0 Å². The van der Waals surface area contributed by atoms with E-state index in [0.29, 0.717) is 12.1 Å². The predicted molar refractivity (Wildman–Crippen MR) is 85.4 cm³/mol. The first-order valence-corrected chi connectivity index (χ1v) is 8.61. The molecule has 0 fully saturated rings. The van der Waals surface area contributed by atoms with E-state index in [1.807, 2.05) is 6.92 Å². The highest BCUT2D eigenvalue weighted by molar-refractivity contribution is 7.92. The molecule has 0 bridgehead atoms.